The molecule has 2 aliphatic rings. The highest BCUT2D eigenvalue weighted by Gasteiger charge is 2.46. The Hall–Kier alpha value is -2.46. The van der Waals surface area contributed by atoms with Crippen molar-refractivity contribution in [2.45, 2.75) is 18.6 Å². The van der Waals surface area contributed by atoms with Gasteiger partial charge >= 0.3 is 0 Å². The van der Waals surface area contributed by atoms with Crippen LogP contribution in [0.5, 0.6) is 0 Å². The first-order chi connectivity index (χ1) is 10.7. The molecule has 4 rings (SSSR count). The van der Waals surface area contributed by atoms with Gasteiger partial charge in [0.1, 0.15) is 0 Å². The first-order valence-electron chi connectivity index (χ1n) is 7.30. The van der Waals surface area contributed by atoms with Crippen LogP contribution in [0.3, 0.4) is 0 Å². The van der Waals surface area contributed by atoms with Gasteiger partial charge in [0.15, 0.2) is 0 Å². The van der Waals surface area contributed by atoms with E-state index in [9.17, 15) is 9.59 Å². The van der Waals surface area contributed by atoms with E-state index in [4.69, 9.17) is 4.74 Å². The van der Waals surface area contributed by atoms with E-state index in [-0.39, 0.29) is 24.0 Å². The lowest BCUT2D eigenvalue weighted by Crippen LogP contribution is -2.39. The van der Waals surface area contributed by atoms with Gasteiger partial charge in [-0.2, -0.15) is 0 Å². The number of ether oxygens (including phenoxy) is 1. The van der Waals surface area contributed by atoms with Crippen molar-refractivity contribution >= 4 is 11.8 Å². The molecule has 1 aliphatic heterocycles. The molecule has 2 aromatic carbocycles. The second kappa shape index (κ2) is 4.78. The van der Waals surface area contributed by atoms with Crippen LogP contribution < -0.4 is 0 Å². The first kappa shape index (κ1) is 13.2. The molecular formula is C18H15NO3. The molecule has 1 heterocycles. The maximum Gasteiger partial charge on any atom is 0.262 e. The molecule has 1 aliphatic carbocycles. The molecule has 4 nitrogen and oxygen atoms in total. The van der Waals surface area contributed by atoms with Crippen LogP contribution in [-0.4, -0.2) is 29.9 Å². The highest BCUT2D eigenvalue weighted by Crippen LogP contribution is 2.41. The number of nitrogens with zero attached hydrogens (tertiary/aromatic N) is 1. The highest BCUT2D eigenvalue weighted by atomic mass is 16.5. The van der Waals surface area contributed by atoms with Crippen LogP contribution in [0.25, 0.3) is 0 Å². The smallest absolute Gasteiger partial charge is 0.262 e. The average molecular weight is 293 g/mol. The lowest BCUT2D eigenvalue weighted by Gasteiger charge is -2.27. The molecule has 0 N–H and O–H groups in total. The number of amides is 2. The number of rotatable bonds is 2. The Morgan fingerprint density at radius 3 is 2.18 bits per heavy atom. The topological polar surface area (TPSA) is 46.6 Å². The Morgan fingerprint density at radius 1 is 0.955 bits per heavy atom. The van der Waals surface area contributed by atoms with Gasteiger partial charge in [-0.1, -0.05) is 36.4 Å². The molecule has 110 valence electrons. The summed E-state index contributed by atoms with van der Waals surface area (Å²) in [6.45, 7) is 0. The van der Waals surface area contributed by atoms with Crippen LogP contribution in [0.2, 0.25) is 0 Å². The van der Waals surface area contributed by atoms with Crippen molar-refractivity contribution in [3.8, 4) is 0 Å². The molecule has 2 amide bonds. The summed E-state index contributed by atoms with van der Waals surface area (Å²) >= 11 is 0. The Bertz CT molecular complexity index is 748. The van der Waals surface area contributed by atoms with E-state index in [1.54, 1.807) is 31.4 Å². The number of hydrogen-bond donors (Lipinski definition) is 0. The molecule has 0 saturated heterocycles. The fourth-order valence-electron chi connectivity index (χ4n) is 3.52. The molecule has 2 atom stereocenters. The number of carbonyl (C=O) groups excluding carboxylic acids is 2. The minimum Gasteiger partial charge on any atom is -0.379 e. The van der Waals surface area contributed by atoms with Gasteiger partial charge in [0.05, 0.1) is 23.3 Å². The minimum atomic E-state index is -0.353. The van der Waals surface area contributed by atoms with Crippen molar-refractivity contribution in [3.05, 3.63) is 70.8 Å². The van der Waals surface area contributed by atoms with Crippen LogP contribution in [-0.2, 0) is 11.2 Å². The predicted molar refractivity (Wildman–Crippen MR) is 80.6 cm³/mol. The monoisotopic (exact) mass is 293 g/mol. The van der Waals surface area contributed by atoms with Crippen LogP contribution in [0.1, 0.15) is 37.9 Å². The van der Waals surface area contributed by atoms with Crippen LogP contribution in [0.4, 0.5) is 0 Å². The molecule has 4 heteroatoms. The van der Waals surface area contributed by atoms with Crippen molar-refractivity contribution < 1.29 is 14.3 Å². The molecule has 0 spiro atoms. The Balaban J connectivity index is 1.82. The van der Waals surface area contributed by atoms with E-state index in [2.05, 4.69) is 0 Å². The molecule has 22 heavy (non-hydrogen) atoms. The first-order valence-corrected chi connectivity index (χ1v) is 7.30. The standard InChI is InChI=1S/C18H15NO3/c1-22-15-10-11-6-2-3-7-12(11)16(15)19-17(20)13-8-4-5-9-14(13)18(19)21/h2-9,15-16H,10H2,1H3/t15-,16-/m0/s1. The van der Waals surface area contributed by atoms with E-state index in [1.165, 1.54) is 4.90 Å². The van der Waals surface area contributed by atoms with Gasteiger partial charge in [0, 0.05) is 13.5 Å². The zero-order valence-electron chi connectivity index (χ0n) is 12.2. The quantitative estimate of drug-likeness (QED) is 0.800. The maximum atomic E-state index is 12.7. The van der Waals surface area contributed by atoms with Crippen molar-refractivity contribution in [1.29, 1.82) is 0 Å². The van der Waals surface area contributed by atoms with Gasteiger partial charge in [0.2, 0.25) is 0 Å². The Kier molecular flexibility index (Phi) is 2.87. The largest absolute Gasteiger partial charge is 0.379 e. The summed E-state index contributed by atoms with van der Waals surface area (Å²) in [6, 6.07) is 14.5. The molecule has 2 aromatic rings. The maximum absolute atomic E-state index is 12.7. The van der Waals surface area contributed by atoms with Gasteiger partial charge in [-0.05, 0) is 23.3 Å². The molecule has 0 aromatic heterocycles. The van der Waals surface area contributed by atoms with Crippen molar-refractivity contribution in [2.75, 3.05) is 7.11 Å². The summed E-state index contributed by atoms with van der Waals surface area (Å²) in [5.74, 6) is -0.464. The third-order valence-electron chi connectivity index (χ3n) is 4.55. The average Bonchev–Trinajstić information content (AvgIpc) is 3.04. The van der Waals surface area contributed by atoms with Gasteiger partial charge in [0.25, 0.3) is 11.8 Å². The number of carbonyl (C=O) groups is 2. The number of imide groups is 1. The van der Waals surface area contributed by atoms with Gasteiger partial charge in [-0.15, -0.1) is 0 Å². The van der Waals surface area contributed by atoms with Crippen molar-refractivity contribution in [3.63, 3.8) is 0 Å². The fraction of sp³-hybridized carbons (Fsp3) is 0.222. The minimum absolute atomic E-state index is 0.195. The zero-order valence-corrected chi connectivity index (χ0v) is 12.2. The van der Waals surface area contributed by atoms with Gasteiger partial charge in [-0.25, -0.2) is 0 Å². The summed E-state index contributed by atoms with van der Waals surface area (Å²) in [7, 11) is 1.63. The third kappa shape index (κ3) is 1.67. The van der Waals surface area contributed by atoms with Crippen LogP contribution >= 0.6 is 0 Å². The van der Waals surface area contributed by atoms with E-state index >= 15 is 0 Å². The summed E-state index contributed by atoms with van der Waals surface area (Å²) in [5.41, 5.74) is 3.10. The second-order valence-corrected chi connectivity index (χ2v) is 5.65. The van der Waals surface area contributed by atoms with E-state index in [1.807, 2.05) is 24.3 Å². The summed E-state index contributed by atoms with van der Waals surface area (Å²) < 4.78 is 5.57. The lowest BCUT2D eigenvalue weighted by atomic mass is 10.1. The fourth-order valence-corrected chi connectivity index (χ4v) is 3.52. The zero-order chi connectivity index (χ0) is 15.3. The number of fused-ring (bicyclic) bond motifs is 2. The number of methoxy groups -OCH3 is 1. The Labute approximate surface area is 128 Å². The summed E-state index contributed by atoms with van der Waals surface area (Å²) in [4.78, 5) is 26.8. The summed E-state index contributed by atoms with van der Waals surface area (Å²) in [6.07, 6.45) is 0.518. The van der Waals surface area contributed by atoms with Crippen LogP contribution in [0, 0.1) is 0 Å². The van der Waals surface area contributed by atoms with E-state index < -0.39 is 0 Å². The van der Waals surface area contributed by atoms with Gasteiger partial charge < -0.3 is 4.74 Å². The van der Waals surface area contributed by atoms with Gasteiger partial charge in [-0.3, -0.25) is 14.5 Å². The SMILES string of the molecule is CO[C@H]1Cc2ccccc2[C@@H]1N1C(=O)c2ccccc2C1=O. The molecule has 0 saturated carbocycles. The lowest BCUT2D eigenvalue weighted by molar-refractivity contribution is 0.0228. The molecule has 0 bridgehead atoms. The molecule has 0 unspecified atom stereocenters. The molecule has 0 fully saturated rings. The molecule has 0 radical (unpaired) electrons. The summed E-state index contributed by atoms with van der Waals surface area (Å²) in [5, 5.41) is 0. The van der Waals surface area contributed by atoms with E-state index in [0.29, 0.717) is 17.5 Å². The van der Waals surface area contributed by atoms with Crippen molar-refractivity contribution in [1.82, 2.24) is 4.90 Å². The second-order valence-electron chi connectivity index (χ2n) is 5.65. The van der Waals surface area contributed by atoms with Crippen molar-refractivity contribution in [2.24, 2.45) is 0 Å². The van der Waals surface area contributed by atoms with Crippen LogP contribution in [0.15, 0.2) is 48.5 Å². The number of hydrogen-bond acceptors (Lipinski definition) is 3. The van der Waals surface area contributed by atoms with E-state index in [0.717, 1.165) is 11.1 Å². The normalized spacial score (nSPS) is 22.9. The Morgan fingerprint density at radius 2 is 1.55 bits per heavy atom. The molecular weight excluding hydrogens is 278 g/mol. The third-order valence-corrected chi connectivity index (χ3v) is 4.55. The predicted octanol–water partition coefficient (Wildman–Crippen LogP) is 2.60. The number of benzene rings is 2. The highest BCUT2D eigenvalue weighted by molar-refractivity contribution is 6.21.